The topological polar surface area (TPSA) is 3.24 Å². The standard InChI is InChI=1S/C8H16FN/c1-3-10-6-4-5-8(2,9)7-10/h3-7H2,1-2H3. The Hall–Kier alpha value is -0.110. The second-order valence-corrected chi connectivity index (χ2v) is 3.39. The number of hydrogen-bond donors (Lipinski definition) is 0. The van der Waals surface area contributed by atoms with Gasteiger partial charge in [-0.15, -0.1) is 0 Å². The molecule has 1 rings (SSSR count). The molecule has 0 spiro atoms. The summed E-state index contributed by atoms with van der Waals surface area (Å²) in [6.07, 6.45) is 1.75. The number of halogens is 1. The van der Waals surface area contributed by atoms with Crippen molar-refractivity contribution in [3.8, 4) is 0 Å². The van der Waals surface area contributed by atoms with Crippen LogP contribution >= 0.6 is 0 Å². The van der Waals surface area contributed by atoms with E-state index in [1.807, 2.05) is 0 Å². The van der Waals surface area contributed by atoms with Crippen LogP contribution < -0.4 is 0 Å². The van der Waals surface area contributed by atoms with Crippen LogP contribution in [0.25, 0.3) is 0 Å². The third-order valence-electron chi connectivity index (χ3n) is 2.17. The highest BCUT2D eigenvalue weighted by molar-refractivity contribution is 4.82. The first kappa shape index (κ1) is 7.99. The van der Waals surface area contributed by atoms with Gasteiger partial charge in [-0.1, -0.05) is 6.92 Å². The Kier molecular flexibility index (Phi) is 2.29. The van der Waals surface area contributed by atoms with E-state index in [1.165, 1.54) is 0 Å². The average Bonchev–Trinajstić information content (AvgIpc) is 1.86. The lowest BCUT2D eigenvalue weighted by Gasteiger charge is -2.34. The van der Waals surface area contributed by atoms with Gasteiger partial charge in [0.2, 0.25) is 0 Å². The van der Waals surface area contributed by atoms with Gasteiger partial charge in [0.15, 0.2) is 0 Å². The van der Waals surface area contributed by atoms with Crippen LogP contribution in [-0.4, -0.2) is 30.2 Å². The molecule has 0 amide bonds. The number of rotatable bonds is 1. The molecule has 1 atom stereocenters. The molecule has 0 aliphatic carbocycles. The Morgan fingerprint density at radius 2 is 2.30 bits per heavy atom. The van der Waals surface area contributed by atoms with Crippen LogP contribution in [-0.2, 0) is 0 Å². The minimum atomic E-state index is -0.922. The van der Waals surface area contributed by atoms with Gasteiger partial charge in [0.25, 0.3) is 0 Å². The lowest BCUT2D eigenvalue weighted by Crippen LogP contribution is -2.43. The summed E-state index contributed by atoms with van der Waals surface area (Å²) in [4.78, 5) is 2.17. The maximum absolute atomic E-state index is 13.3. The van der Waals surface area contributed by atoms with E-state index in [1.54, 1.807) is 6.92 Å². The number of nitrogens with zero attached hydrogens (tertiary/aromatic N) is 1. The van der Waals surface area contributed by atoms with Crippen LogP contribution in [0.1, 0.15) is 26.7 Å². The summed E-state index contributed by atoms with van der Waals surface area (Å²) in [5, 5.41) is 0. The van der Waals surface area contributed by atoms with Gasteiger partial charge in [-0.3, -0.25) is 0 Å². The first-order chi connectivity index (χ1) is 4.64. The molecule has 0 saturated carbocycles. The Labute approximate surface area is 62.2 Å². The van der Waals surface area contributed by atoms with Crippen LogP contribution in [0.15, 0.2) is 0 Å². The summed E-state index contributed by atoms with van der Waals surface area (Å²) in [5.74, 6) is 0. The van der Waals surface area contributed by atoms with Gasteiger partial charge in [-0.25, -0.2) is 4.39 Å². The van der Waals surface area contributed by atoms with Crippen molar-refractivity contribution in [1.29, 1.82) is 0 Å². The molecule has 10 heavy (non-hydrogen) atoms. The molecular weight excluding hydrogens is 129 g/mol. The molecule has 1 nitrogen and oxygen atoms in total. The molecule has 1 unspecified atom stereocenters. The van der Waals surface area contributed by atoms with E-state index in [0.717, 1.165) is 25.9 Å². The van der Waals surface area contributed by atoms with Crippen LogP contribution in [0, 0.1) is 0 Å². The zero-order valence-electron chi connectivity index (χ0n) is 6.86. The fraction of sp³-hybridized carbons (Fsp3) is 1.00. The molecule has 1 aliphatic heterocycles. The van der Waals surface area contributed by atoms with Crippen LogP contribution in [0.3, 0.4) is 0 Å². The quantitative estimate of drug-likeness (QED) is 0.544. The maximum Gasteiger partial charge on any atom is 0.120 e. The van der Waals surface area contributed by atoms with Crippen molar-refractivity contribution in [2.45, 2.75) is 32.4 Å². The van der Waals surface area contributed by atoms with Crippen molar-refractivity contribution in [3.05, 3.63) is 0 Å². The second-order valence-electron chi connectivity index (χ2n) is 3.39. The highest BCUT2D eigenvalue weighted by Gasteiger charge is 2.29. The van der Waals surface area contributed by atoms with E-state index >= 15 is 0 Å². The lowest BCUT2D eigenvalue weighted by molar-refractivity contribution is 0.0638. The van der Waals surface area contributed by atoms with Gasteiger partial charge in [-0.2, -0.15) is 0 Å². The summed E-state index contributed by atoms with van der Waals surface area (Å²) in [6.45, 7) is 6.48. The first-order valence-electron chi connectivity index (χ1n) is 4.05. The van der Waals surface area contributed by atoms with E-state index in [-0.39, 0.29) is 0 Å². The van der Waals surface area contributed by atoms with Gasteiger partial charge >= 0.3 is 0 Å². The highest BCUT2D eigenvalue weighted by Crippen LogP contribution is 2.23. The summed E-state index contributed by atoms with van der Waals surface area (Å²) >= 11 is 0. The van der Waals surface area contributed by atoms with Crippen molar-refractivity contribution in [1.82, 2.24) is 4.90 Å². The van der Waals surface area contributed by atoms with Gasteiger partial charge in [0.05, 0.1) is 0 Å². The fourth-order valence-corrected chi connectivity index (χ4v) is 1.57. The average molecular weight is 145 g/mol. The van der Waals surface area contributed by atoms with Gasteiger partial charge in [-0.05, 0) is 32.9 Å². The molecule has 0 aromatic carbocycles. The van der Waals surface area contributed by atoms with Crippen LogP contribution in [0.2, 0.25) is 0 Å². The molecule has 0 aromatic heterocycles. The molecule has 1 fully saturated rings. The smallest absolute Gasteiger partial charge is 0.120 e. The molecule has 0 N–H and O–H groups in total. The Morgan fingerprint density at radius 1 is 1.60 bits per heavy atom. The summed E-state index contributed by atoms with van der Waals surface area (Å²) in [5.41, 5.74) is -0.922. The molecule has 0 radical (unpaired) electrons. The lowest BCUT2D eigenvalue weighted by atomic mass is 9.97. The number of likely N-dealkylation sites (tertiary alicyclic amines) is 1. The first-order valence-corrected chi connectivity index (χ1v) is 4.05. The van der Waals surface area contributed by atoms with E-state index < -0.39 is 5.67 Å². The van der Waals surface area contributed by atoms with E-state index in [2.05, 4.69) is 11.8 Å². The van der Waals surface area contributed by atoms with Gasteiger partial charge in [0, 0.05) is 6.54 Å². The largest absolute Gasteiger partial charge is 0.300 e. The normalized spacial score (nSPS) is 36.3. The molecule has 1 aliphatic rings. The van der Waals surface area contributed by atoms with Crippen molar-refractivity contribution >= 4 is 0 Å². The molecular formula is C8H16FN. The van der Waals surface area contributed by atoms with Crippen LogP contribution in [0.5, 0.6) is 0 Å². The molecule has 2 heteroatoms. The summed E-state index contributed by atoms with van der Waals surface area (Å²) < 4.78 is 13.3. The number of hydrogen-bond acceptors (Lipinski definition) is 1. The van der Waals surface area contributed by atoms with Crippen LogP contribution in [0.4, 0.5) is 4.39 Å². The fourth-order valence-electron chi connectivity index (χ4n) is 1.57. The Balaban J connectivity index is 2.40. The van der Waals surface area contributed by atoms with Gasteiger partial charge in [0.1, 0.15) is 5.67 Å². The molecule has 1 heterocycles. The molecule has 1 saturated heterocycles. The zero-order chi connectivity index (χ0) is 7.61. The minimum absolute atomic E-state index is 0.628. The Morgan fingerprint density at radius 3 is 2.70 bits per heavy atom. The number of piperidine rings is 1. The second kappa shape index (κ2) is 2.87. The monoisotopic (exact) mass is 145 g/mol. The summed E-state index contributed by atoms with van der Waals surface area (Å²) in [6, 6.07) is 0. The minimum Gasteiger partial charge on any atom is -0.300 e. The van der Waals surface area contributed by atoms with Gasteiger partial charge < -0.3 is 4.90 Å². The van der Waals surface area contributed by atoms with E-state index in [4.69, 9.17) is 0 Å². The summed E-state index contributed by atoms with van der Waals surface area (Å²) in [7, 11) is 0. The van der Waals surface area contributed by atoms with Crippen molar-refractivity contribution in [2.75, 3.05) is 19.6 Å². The molecule has 60 valence electrons. The zero-order valence-corrected chi connectivity index (χ0v) is 6.86. The van der Waals surface area contributed by atoms with Crippen molar-refractivity contribution in [2.24, 2.45) is 0 Å². The Bertz CT molecular complexity index is 112. The molecule has 0 bridgehead atoms. The predicted molar refractivity (Wildman–Crippen MR) is 40.9 cm³/mol. The van der Waals surface area contributed by atoms with Crippen molar-refractivity contribution < 1.29 is 4.39 Å². The van der Waals surface area contributed by atoms with E-state index in [9.17, 15) is 4.39 Å². The molecule has 0 aromatic rings. The maximum atomic E-state index is 13.3. The van der Waals surface area contributed by atoms with Crippen molar-refractivity contribution in [3.63, 3.8) is 0 Å². The highest BCUT2D eigenvalue weighted by atomic mass is 19.1. The number of alkyl halides is 1. The van der Waals surface area contributed by atoms with E-state index in [0.29, 0.717) is 6.54 Å². The SMILES string of the molecule is CCN1CCCC(C)(F)C1. The third kappa shape index (κ3) is 1.94. The third-order valence-corrected chi connectivity index (χ3v) is 2.17. The predicted octanol–water partition coefficient (Wildman–Crippen LogP) is 1.83.